The van der Waals surface area contributed by atoms with Gasteiger partial charge in [0.15, 0.2) is 11.6 Å². The Morgan fingerprint density at radius 2 is 1.34 bits per heavy atom. The molecule has 0 saturated heterocycles. The van der Waals surface area contributed by atoms with E-state index in [0.717, 1.165) is 4.47 Å². The topological polar surface area (TPSA) is 71.4 Å². The van der Waals surface area contributed by atoms with E-state index in [-0.39, 0.29) is 23.8 Å². The highest BCUT2D eigenvalue weighted by Gasteiger charge is 2.55. The third-order valence-electron chi connectivity index (χ3n) is 6.20. The van der Waals surface area contributed by atoms with Crippen molar-refractivity contribution in [3.05, 3.63) is 106 Å². The van der Waals surface area contributed by atoms with E-state index in [2.05, 4.69) is 15.9 Å². The molecule has 3 aromatic rings. The summed E-state index contributed by atoms with van der Waals surface area (Å²) in [6, 6.07) is 24.6. The van der Waals surface area contributed by atoms with Crippen LogP contribution in [0.15, 0.2) is 89.4 Å². The van der Waals surface area contributed by atoms with Gasteiger partial charge in [0.2, 0.25) is 0 Å². The molecule has 0 bridgehead atoms. The lowest BCUT2D eigenvalue weighted by atomic mass is 9.58. The van der Waals surface area contributed by atoms with Crippen molar-refractivity contribution >= 4 is 33.3 Å². The zero-order valence-electron chi connectivity index (χ0n) is 17.6. The molecular formula is C27H23BrO4. The van der Waals surface area contributed by atoms with Crippen LogP contribution in [0.2, 0.25) is 0 Å². The van der Waals surface area contributed by atoms with Gasteiger partial charge < -0.3 is 5.11 Å². The van der Waals surface area contributed by atoms with Crippen LogP contribution in [0.1, 0.15) is 45.5 Å². The van der Waals surface area contributed by atoms with Crippen molar-refractivity contribution in [2.75, 3.05) is 0 Å². The summed E-state index contributed by atoms with van der Waals surface area (Å²) in [5.41, 5.74) is -0.0551. The van der Waals surface area contributed by atoms with Gasteiger partial charge in [0.25, 0.3) is 0 Å². The number of rotatable bonds is 5. The lowest BCUT2D eigenvalue weighted by Crippen LogP contribution is -2.54. The van der Waals surface area contributed by atoms with Gasteiger partial charge in [-0.1, -0.05) is 88.7 Å². The highest BCUT2D eigenvalue weighted by Crippen LogP contribution is 2.48. The third kappa shape index (κ3) is 4.23. The van der Waals surface area contributed by atoms with Crippen LogP contribution < -0.4 is 0 Å². The van der Waals surface area contributed by atoms with Gasteiger partial charge in [-0.3, -0.25) is 14.4 Å². The van der Waals surface area contributed by atoms with Crippen molar-refractivity contribution in [2.24, 2.45) is 11.8 Å². The molecule has 4 rings (SSSR count). The Bertz CT molecular complexity index is 1140. The first kappa shape index (κ1) is 22.3. The van der Waals surface area contributed by atoms with Gasteiger partial charge in [-0.05, 0) is 24.6 Å². The number of halogens is 1. The molecule has 0 unspecified atom stereocenters. The molecule has 4 nitrogen and oxygen atoms in total. The monoisotopic (exact) mass is 490 g/mol. The second kappa shape index (κ2) is 8.93. The number of carbonyl (C=O) groups is 3. The molecule has 0 heterocycles. The van der Waals surface area contributed by atoms with Gasteiger partial charge in [0, 0.05) is 27.9 Å². The number of aliphatic hydroxyl groups is 1. The first-order chi connectivity index (χ1) is 15.3. The van der Waals surface area contributed by atoms with Gasteiger partial charge in [-0.15, -0.1) is 0 Å². The molecule has 1 aliphatic carbocycles. The minimum absolute atomic E-state index is 0.257. The molecule has 1 fully saturated rings. The molecule has 1 saturated carbocycles. The van der Waals surface area contributed by atoms with E-state index < -0.39 is 23.4 Å². The average molecular weight is 491 g/mol. The summed E-state index contributed by atoms with van der Waals surface area (Å²) in [6.07, 6.45) is -0.257. The number of hydrogen-bond donors (Lipinski definition) is 1. The summed E-state index contributed by atoms with van der Waals surface area (Å²) in [7, 11) is 0. The zero-order valence-corrected chi connectivity index (χ0v) is 19.2. The Hall–Kier alpha value is -2.89. The van der Waals surface area contributed by atoms with Gasteiger partial charge in [-0.25, -0.2) is 0 Å². The van der Waals surface area contributed by atoms with Crippen LogP contribution in [0.25, 0.3) is 0 Å². The molecule has 32 heavy (non-hydrogen) atoms. The van der Waals surface area contributed by atoms with Crippen molar-refractivity contribution in [3.8, 4) is 0 Å². The maximum atomic E-state index is 13.7. The lowest BCUT2D eigenvalue weighted by Gasteiger charge is -2.45. The fourth-order valence-corrected chi connectivity index (χ4v) is 5.01. The second-order valence-corrected chi connectivity index (χ2v) is 9.41. The maximum absolute atomic E-state index is 13.7. The zero-order chi connectivity index (χ0) is 22.9. The van der Waals surface area contributed by atoms with Crippen LogP contribution in [0.4, 0.5) is 0 Å². The number of ketones is 3. The molecule has 5 heteroatoms. The highest BCUT2D eigenvalue weighted by molar-refractivity contribution is 9.10. The Balaban J connectivity index is 1.89. The maximum Gasteiger partial charge on any atom is 0.173 e. The Labute approximate surface area is 195 Å². The van der Waals surface area contributed by atoms with Crippen LogP contribution in [-0.2, 0) is 4.79 Å². The Morgan fingerprint density at radius 1 is 0.844 bits per heavy atom. The predicted octanol–water partition coefficient (Wildman–Crippen LogP) is 5.25. The van der Waals surface area contributed by atoms with Crippen LogP contribution in [0, 0.1) is 11.8 Å². The van der Waals surface area contributed by atoms with Gasteiger partial charge in [0.05, 0.1) is 17.4 Å². The molecule has 1 aliphatic rings. The minimum atomic E-state index is -1.59. The van der Waals surface area contributed by atoms with Crippen LogP contribution in [0.5, 0.6) is 0 Å². The summed E-state index contributed by atoms with van der Waals surface area (Å²) in [4.78, 5) is 40.5. The van der Waals surface area contributed by atoms with Crippen LogP contribution in [-0.4, -0.2) is 28.1 Å². The smallest absolute Gasteiger partial charge is 0.173 e. The van der Waals surface area contributed by atoms with Crippen LogP contribution >= 0.6 is 15.9 Å². The van der Waals surface area contributed by atoms with E-state index in [1.165, 1.54) is 6.92 Å². The van der Waals surface area contributed by atoms with E-state index in [1.54, 1.807) is 66.7 Å². The third-order valence-corrected chi connectivity index (χ3v) is 6.73. The average Bonchev–Trinajstić information content (AvgIpc) is 2.79. The van der Waals surface area contributed by atoms with Gasteiger partial charge in [-0.2, -0.15) is 0 Å². The molecule has 0 aromatic heterocycles. The largest absolute Gasteiger partial charge is 0.389 e. The van der Waals surface area contributed by atoms with Crippen molar-refractivity contribution < 1.29 is 19.5 Å². The summed E-state index contributed by atoms with van der Waals surface area (Å²) in [6.45, 7) is 1.52. The SMILES string of the molecule is C[C@@]1(O)CC(=O)[C@H](C(=O)c2ccccc2)[C@H](c2ccc(Br)cc2)[C@@H]1C(=O)c1ccccc1. The van der Waals surface area contributed by atoms with Crippen molar-refractivity contribution in [1.82, 2.24) is 0 Å². The molecule has 0 aliphatic heterocycles. The molecule has 0 radical (unpaired) electrons. The summed E-state index contributed by atoms with van der Waals surface area (Å²) in [5.74, 6) is -3.77. The fourth-order valence-electron chi connectivity index (χ4n) is 4.74. The highest BCUT2D eigenvalue weighted by atomic mass is 79.9. The normalized spacial score (nSPS) is 25.3. The minimum Gasteiger partial charge on any atom is -0.389 e. The molecule has 3 aromatic carbocycles. The molecule has 0 spiro atoms. The van der Waals surface area contributed by atoms with E-state index in [4.69, 9.17) is 0 Å². The van der Waals surface area contributed by atoms with E-state index >= 15 is 0 Å². The standard InChI is InChI=1S/C27H23BrO4/c1-27(32)16-21(29)23(25(30)18-8-4-2-5-9-18)22(17-12-14-20(28)15-13-17)24(27)26(31)19-10-6-3-7-11-19/h2-15,22-24,32H,16H2,1H3/t22-,23-,24+,27+/m0/s1. The fraction of sp³-hybridized carbons (Fsp3) is 0.222. The first-order valence-corrected chi connectivity index (χ1v) is 11.3. The number of Topliss-reactive ketones (excluding diaryl/α,β-unsaturated/α-hetero) is 3. The summed E-state index contributed by atoms with van der Waals surface area (Å²) in [5, 5.41) is 11.3. The number of carbonyl (C=O) groups excluding carboxylic acids is 3. The van der Waals surface area contributed by atoms with Gasteiger partial charge in [0.1, 0.15) is 5.78 Å². The van der Waals surface area contributed by atoms with Crippen molar-refractivity contribution in [1.29, 1.82) is 0 Å². The number of benzene rings is 3. The molecule has 0 amide bonds. The predicted molar refractivity (Wildman–Crippen MR) is 126 cm³/mol. The van der Waals surface area contributed by atoms with E-state index in [1.807, 2.05) is 18.2 Å². The Morgan fingerprint density at radius 3 is 1.88 bits per heavy atom. The molecule has 1 N–H and O–H groups in total. The van der Waals surface area contributed by atoms with Crippen LogP contribution in [0.3, 0.4) is 0 Å². The van der Waals surface area contributed by atoms with E-state index in [0.29, 0.717) is 16.7 Å². The lowest BCUT2D eigenvalue weighted by molar-refractivity contribution is -0.134. The van der Waals surface area contributed by atoms with Crippen molar-refractivity contribution in [3.63, 3.8) is 0 Å². The Kier molecular flexibility index (Phi) is 6.22. The number of hydrogen-bond acceptors (Lipinski definition) is 4. The summed E-state index contributed by atoms with van der Waals surface area (Å²) >= 11 is 3.42. The van der Waals surface area contributed by atoms with Crippen molar-refractivity contribution in [2.45, 2.75) is 24.9 Å². The van der Waals surface area contributed by atoms with E-state index in [9.17, 15) is 19.5 Å². The molecular weight excluding hydrogens is 468 g/mol. The quantitative estimate of drug-likeness (QED) is 0.391. The second-order valence-electron chi connectivity index (χ2n) is 8.49. The van der Waals surface area contributed by atoms with Gasteiger partial charge >= 0.3 is 0 Å². The summed E-state index contributed by atoms with van der Waals surface area (Å²) < 4.78 is 0.840. The molecule has 162 valence electrons. The molecule has 4 atom stereocenters. The first-order valence-electron chi connectivity index (χ1n) is 10.5.